The second-order valence-electron chi connectivity index (χ2n) is 6.32. The second-order valence-corrected chi connectivity index (χ2v) is 6.32. The molecule has 1 fully saturated rings. The fourth-order valence-electron chi connectivity index (χ4n) is 3.12. The van der Waals surface area contributed by atoms with Crippen LogP contribution in [0, 0.1) is 11.8 Å². The van der Waals surface area contributed by atoms with Crippen molar-refractivity contribution in [1.29, 1.82) is 0 Å². The normalized spacial score (nSPS) is 25.4. The molecular weight excluding hydrogens is 262 g/mol. The van der Waals surface area contributed by atoms with Crippen molar-refractivity contribution in [2.75, 3.05) is 11.9 Å². The largest absolute Gasteiger partial charge is 0.383 e. The van der Waals surface area contributed by atoms with Gasteiger partial charge in [-0.05, 0) is 43.6 Å². The maximum atomic E-state index is 12.5. The van der Waals surface area contributed by atoms with Gasteiger partial charge in [-0.25, -0.2) is 0 Å². The predicted molar refractivity (Wildman–Crippen MR) is 86.5 cm³/mol. The molecule has 4 heteroatoms. The standard InChI is InChI=1S/C17H27N3O/c1-4-8-19-16-11-18-9-7-14(16)17(21)20-15-6-5-12(2)10-13(15)3/h7,9,11-13,15,19H,4-6,8,10H2,1-3H3,(H,20,21). The third-order valence-corrected chi connectivity index (χ3v) is 4.38. The van der Waals surface area contributed by atoms with Gasteiger partial charge >= 0.3 is 0 Å². The molecule has 4 nitrogen and oxygen atoms in total. The SMILES string of the molecule is CCCNc1cnccc1C(=O)NC1CCC(C)CC1C. The summed E-state index contributed by atoms with van der Waals surface area (Å²) in [5, 5.41) is 6.49. The summed E-state index contributed by atoms with van der Waals surface area (Å²) in [6, 6.07) is 2.09. The Morgan fingerprint density at radius 2 is 2.19 bits per heavy atom. The molecule has 0 aromatic carbocycles. The lowest BCUT2D eigenvalue weighted by Gasteiger charge is -2.33. The van der Waals surface area contributed by atoms with E-state index in [-0.39, 0.29) is 5.91 Å². The Labute approximate surface area is 127 Å². The Hall–Kier alpha value is -1.58. The molecule has 0 spiro atoms. The second kappa shape index (κ2) is 7.43. The van der Waals surface area contributed by atoms with Crippen LogP contribution in [0.2, 0.25) is 0 Å². The fourth-order valence-corrected chi connectivity index (χ4v) is 3.12. The first kappa shape index (κ1) is 15.8. The molecule has 0 saturated heterocycles. The molecule has 2 N–H and O–H groups in total. The molecular formula is C17H27N3O. The number of pyridine rings is 1. The van der Waals surface area contributed by atoms with E-state index in [1.165, 1.54) is 12.8 Å². The van der Waals surface area contributed by atoms with E-state index in [0.29, 0.717) is 17.5 Å². The molecule has 1 aromatic heterocycles. The number of hydrogen-bond donors (Lipinski definition) is 2. The van der Waals surface area contributed by atoms with Gasteiger partial charge in [0.05, 0.1) is 17.4 Å². The maximum absolute atomic E-state index is 12.5. The Bertz CT molecular complexity index is 475. The van der Waals surface area contributed by atoms with Crippen LogP contribution in [0.4, 0.5) is 5.69 Å². The summed E-state index contributed by atoms with van der Waals surface area (Å²) in [5.41, 5.74) is 1.53. The van der Waals surface area contributed by atoms with Crippen LogP contribution in [0.5, 0.6) is 0 Å². The predicted octanol–water partition coefficient (Wildman–Crippen LogP) is 3.46. The summed E-state index contributed by atoms with van der Waals surface area (Å²) in [5.74, 6) is 1.34. The van der Waals surface area contributed by atoms with Gasteiger partial charge in [-0.15, -0.1) is 0 Å². The number of rotatable bonds is 5. The summed E-state index contributed by atoms with van der Waals surface area (Å²) < 4.78 is 0. The van der Waals surface area contributed by atoms with E-state index in [4.69, 9.17) is 0 Å². The van der Waals surface area contributed by atoms with Crippen LogP contribution in [-0.2, 0) is 0 Å². The van der Waals surface area contributed by atoms with E-state index < -0.39 is 0 Å². The van der Waals surface area contributed by atoms with Crippen molar-refractivity contribution in [2.45, 2.75) is 52.5 Å². The first-order chi connectivity index (χ1) is 10.1. The highest BCUT2D eigenvalue weighted by molar-refractivity contribution is 5.99. The van der Waals surface area contributed by atoms with Crippen LogP contribution in [-0.4, -0.2) is 23.5 Å². The summed E-state index contributed by atoms with van der Waals surface area (Å²) in [6.07, 6.45) is 7.91. The van der Waals surface area contributed by atoms with Gasteiger partial charge in [0, 0.05) is 18.8 Å². The Morgan fingerprint density at radius 3 is 2.90 bits per heavy atom. The van der Waals surface area contributed by atoms with Crippen LogP contribution < -0.4 is 10.6 Å². The van der Waals surface area contributed by atoms with Crippen LogP contribution in [0.25, 0.3) is 0 Å². The number of hydrogen-bond acceptors (Lipinski definition) is 3. The summed E-state index contributed by atoms with van der Waals surface area (Å²) in [6.45, 7) is 7.49. The number of amides is 1. The first-order valence-electron chi connectivity index (χ1n) is 8.10. The minimum atomic E-state index is 0.0161. The van der Waals surface area contributed by atoms with E-state index >= 15 is 0 Å². The van der Waals surface area contributed by atoms with Gasteiger partial charge in [0.15, 0.2) is 0 Å². The van der Waals surface area contributed by atoms with Gasteiger partial charge in [-0.2, -0.15) is 0 Å². The lowest BCUT2D eigenvalue weighted by Crippen LogP contribution is -2.42. The van der Waals surface area contributed by atoms with Crippen LogP contribution >= 0.6 is 0 Å². The molecule has 0 aliphatic heterocycles. The maximum Gasteiger partial charge on any atom is 0.253 e. The van der Waals surface area contributed by atoms with Crippen molar-refractivity contribution in [1.82, 2.24) is 10.3 Å². The fraction of sp³-hybridized carbons (Fsp3) is 0.647. The van der Waals surface area contributed by atoms with Crippen LogP contribution in [0.3, 0.4) is 0 Å². The zero-order valence-electron chi connectivity index (χ0n) is 13.4. The molecule has 116 valence electrons. The third kappa shape index (κ3) is 4.19. The smallest absolute Gasteiger partial charge is 0.253 e. The monoisotopic (exact) mass is 289 g/mol. The molecule has 0 radical (unpaired) electrons. The van der Waals surface area contributed by atoms with Crippen molar-refractivity contribution in [3.05, 3.63) is 24.0 Å². The van der Waals surface area contributed by atoms with E-state index in [1.54, 1.807) is 18.5 Å². The van der Waals surface area contributed by atoms with E-state index in [2.05, 4.69) is 36.4 Å². The van der Waals surface area contributed by atoms with E-state index in [0.717, 1.165) is 31.0 Å². The highest BCUT2D eigenvalue weighted by Crippen LogP contribution is 2.29. The number of nitrogens with one attached hydrogen (secondary N) is 2. The summed E-state index contributed by atoms with van der Waals surface area (Å²) >= 11 is 0. The molecule has 1 aromatic rings. The Kier molecular flexibility index (Phi) is 5.59. The quantitative estimate of drug-likeness (QED) is 0.873. The Balaban J connectivity index is 2.03. The van der Waals surface area contributed by atoms with Gasteiger partial charge in [0.2, 0.25) is 0 Å². The minimum absolute atomic E-state index is 0.0161. The van der Waals surface area contributed by atoms with Crippen molar-refractivity contribution in [3.8, 4) is 0 Å². The zero-order chi connectivity index (χ0) is 15.2. The van der Waals surface area contributed by atoms with Crippen molar-refractivity contribution >= 4 is 11.6 Å². The summed E-state index contributed by atoms with van der Waals surface area (Å²) in [4.78, 5) is 16.7. The third-order valence-electron chi connectivity index (χ3n) is 4.38. The lowest BCUT2D eigenvalue weighted by atomic mass is 9.80. The number of nitrogens with zero attached hydrogens (tertiary/aromatic N) is 1. The van der Waals surface area contributed by atoms with Gasteiger partial charge < -0.3 is 10.6 Å². The molecule has 3 atom stereocenters. The van der Waals surface area contributed by atoms with Crippen LogP contribution in [0.15, 0.2) is 18.5 Å². The average molecular weight is 289 g/mol. The molecule has 1 aliphatic rings. The number of aromatic nitrogens is 1. The first-order valence-corrected chi connectivity index (χ1v) is 8.10. The van der Waals surface area contributed by atoms with Gasteiger partial charge in [-0.1, -0.05) is 20.8 Å². The van der Waals surface area contributed by atoms with Gasteiger partial charge in [0.25, 0.3) is 5.91 Å². The highest BCUT2D eigenvalue weighted by Gasteiger charge is 2.27. The summed E-state index contributed by atoms with van der Waals surface area (Å²) in [7, 11) is 0. The molecule has 0 bridgehead atoms. The van der Waals surface area contributed by atoms with Crippen molar-refractivity contribution in [2.24, 2.45) is 11.8 Å². The number of carbonyl (C=O) groups is 1. The lowest BCUT2D eigenvalue weighted by molar-refractivity contribution is 0.0900. The molecule has 1 amide bonds. The van der Waals surface area contributed by atoms with E-state index in [9.17, 15) is 4.79 Å². The molecule has 1 heterocycles. The number of carbonyl (C=O) groups excluding carboxylic acids is 1. The zero-order valence-corrected chi connectivity index (χ0v) is 13.4. The van der Waals surface area contributed by atoms with Crippen molar-refractivity contribution < 1.29 is 4.79 Å². The average Bonchev–Trinajstić information content (AvgIpc) is 2.48. The molecule has 21 heavy (non-hydrogen) atoms. The minimum Gasteiger partial charge on any atom is -0.383 e. The highest BCUT2D eigenvalue weighted by atomic mass is 16.1. The topological polar surface area (TPSA) is 54.0 Å². The number of anilines is 1. The van der Waals surface area contributed by atoms with Gasteiger partial charge in [-0.3, -0.25) is 9.78 Å². The molecule has 1 aliphatic carbocycles. The molecule has 1 saturated carbocycles. The molecule has 3 unspecified atom stereocenters. The van der Waals surface area contributed by atoms with E-state index in [1.807, 2.05) is 0 Å². The van der Waals surface area contributed by atoms with Crippen molar-refractivity contribution in [3.63, 3.8) is 0 Å². The van der Waals surface area contributed by atoms with Gasteiger partial charge in [0.1, 0.15) is 0 Å². The Morgan fingerprint density at radius 1 is 1.38 bits per heavy atom. The molecule has 2 rings (SSSR count). The van der Waals surface area contributed by atoms with Crippen LogP contribution in [0.1, 0.15) is 56.8 Å².